The average Bonchev–Trinajstić information content (AvgIpc) is 3.22. The first kappa shape index (κ1) is 26.1. The lowest BCUT2D eigenvalue weighted by molar-refractivity contribution is 0.309. The number of aromatic nitrogens is 2. The number of hydrogen-bond acceptors (Lipinski definition) is 6. The smallest absolute Gasteiger partial charge is 0.294 e. The molecule has 0 fully saturated rings. The van der Waals surface area contributed by atoms with Crippen molar-refractivity contribution >= 4 is 22.7 Å². The van der Waals surface area contributed by atoms with Crippen molar-refractivity contribution in [3.63, 3.8) is 0 Å². The second kappa shape index (κ2) is 12.8. The standard InChI is InChI=1S/C27H36N6O2/c1-6-9-18-35-24-16-14-23(15-17-24)29-28-21-10-12-22(13-11-21)30-31-26-25(19(4)7-2)32-33(27(26)34)20(5)8-3/h10-17,19-20,32H,6-9,18H2,1-5H3. The van der Waals surface area contributed by atoms with E-state index in [-0.39, 0.29) is 17.5 Å². The molecule has 8 heteroatoms. The molecule has 2 atom stereocenters. The third-order valence-corrected chi connectivity index (χ3v) is 6.05. The van der Waals surface area contributed by atoms with E-state index in [0.717, 1.165) is 49.4 Å². The topological polar surface area (TPSA) is 96.5 Å². The molecule has 0 aliphatic carbocycles. The predicted octanol–water partition coefficient (Wildman–Crippen LogP) is 8.67. The third kappa shape index (κ3) is 6.97. The molecular weight excluding hydrogens is 440 g/mol. The average molecular weight is 477 g/mol. The summed E-state index contributed by atoms with van der Waals surface area (Å²) in [6, 6.07) is 14.9. The van der Waals surface area contributed by atoms with E-state index < -0.39 is 0 Å². The molecule has 35 heavy (non-hydrogen) atoms. The van der Waals surface area contributed by atoms with Crippen LogP contribution < -0.4 is 10.3 Å². The van der Waals surface area contributed by atoms with Crippen LogP contribution in [0.25, 0.3) is 0 Å². The van der Waals surface area contributed by atoms with Gasteiger partial charge in [0.05, 0.1) is 35.4 Å². The van der Waals surface area contributed by atoms with E-state index in [9.17, 15) is 4.79 Å². The van der Waals surface area contributed by atoms with Gasteiger partial charge in [-0.25, -0.2) is 4.68 Å². The van der Waals surface area contributed by atoms with E-state index in [1.165, 1.54) is 0 Å². The van der Waals surface area contributed by atoms with Gasteiger partial charge in [-0.3, -0.25) is 9.89 Å². The quantitative estimate of drug-likeness (QED) is 0.209. The van der Waals surface area contributed by atoms with Crippen LogP contribution in [0.3, 0.4) is 0 Å². The van der Waals surface area contributed by atoms with Gasteiger partial charge in [-0.1, -0.05) is 34.1 Å². The maximum atomic E-state index is 12.9. The summed E-state index contributed by atoms with van der Waals surface area (Å²) >= 11 is 0. The highest BCUT2D eigenvalue weighted by atomic mass is 16.5. The molecule has 1 heterocycles. The number of ether oxygens (including phenoxy) is 1. The Balaban J connectivity index is 1.70. The molecule has 8 nitrogen and oxygen atoms in total. The summed E-state index contributed by atoms with van der Waals surface area (Å²) in [5.41, 5.74) is 3.17. The maximum absolute atomic E-state index is 12.9. The lowest BCUT2D eigenvalue weighted by Crippen LogP contribution is -2.19. The Morgan fingerprint density at radius 3 is 1.89 bits per heavy atom. The Bertz CT molecular complexity index is 1180. The summed E-state index contributed by atoms with van der Waals surface area (Å²) in [5, 5.41) is 20.5. The molecule has 3 aromatic rings. The molecule has 0 saturated heterocycles. The first-order valence-corrected chi connectivity index (χ1v) is 12.5. The molecule has 2 unspecified atom stereocenters. The number of nitrogens with zero attached hydrogens (tertiary/aromatic N) is 5. The largest absolute Gasteiger partial charge is 0.494 e. The fraction of sp³-hybridized carbons (Fsp3) is 0.444. The Morgan fingerprint density at radius 2 is 1.37 bits per heavy atom. The predicted molar refractivity (Wildman–Crippen MR) is 140 cm³/mol. The monoisotopic (exact) mass is 476 g/mol. The minimum absolute atomic E-state index is 0.0729. The van der Waals surface area contributed by atoms with Gasteiger partial charge in [0.2, 0.25) is 0 Å². The number of hydrogen-bond donors (Lipinski definition) is 1. The summed E-state index contributed by atoms with van der Waals surface area (Å²) in [4.78, 5) is 12.9. The lowest BCUT2D eigenvalue weighted by atomic mass is 10.0. The molecule has 1 N–H and O–H groups in total. The van der Waals surface area contributed by atoms with Crippen molar-refractivity contribution in [3.05, 3.63) is 64.6 Å². The number of rotatable bonds is 12. The van der Waals surface area contributed by atoms with Gasteiger partial charge in [-0.2, -0.15) is 15.3 Å². The molecule has 0 aliphatic heterocycles. The van der Waals surface area contributed by atoms with Crippen molar-refractivity contribution in [2.75, 3.05) is 6.61 Å². The molecule has 2 aromatic carbocycles. The summed E-state index contributed by atoms with van der Waals surface area (Å²) in [7, 11) is 0. The van der Waals surface area contributed by atoms with Crippen molar-refractivity contribution in [1.29, 1.82) is 0 Å². The summed E-state index contributed by atoms with van der Waals surface area (Å²) in [6.07, 6.45) is 3.90. The number of azo groups is 2. The van der Waals surface area contributed by atoms with Gasteiger partial charge in [-0.15, -0.1) is 5.11 Å². The molecular formula is C27H36N6O2. The van der Waals surface area contributed by atoms with E-state index in [0.29, 0.717) is 17.1 Å². The molecule has 0 radical (unpaired) electrons. The van der Waals surface area contributed by atoms with Crippen LogP contribution in [0.5, 0.6) is 5.75 Å². The Hall–Kier alpha value is -3.55. The summed E-state index contributed by atoms with van der Waals surface area (Å²) in [6.45, 7) is 11.1. The van der Waals surface area contributed by atoms with Crippen LogP contribution in [0.1, 0.15) is 78.0 Å². The van der Waals surface area contributed by atoms with Gasteiger partial charge in [0.15, 0.2) is 5.69 Å². The van der Waals surface area contributed by atoms with Gasteiger partial charge in [0, 0.05) is 0 Å². The van der Waals surface area contributed by atoms with Gasteiger partial charge < -0.3 is 4.74 Å². The van der Waals surface area contributed by atoms with E-state index in [1.807, 2.05) is 55.5 Å². The van der Waals surface area contributed by atoms with Crippen molar-refractivity contribution in [3.8, 4) is 5.75 Å². The number of aromatic amines is 1. The molecule has 0 saturated carbocycles. The Morgan fingerprint density at radius 1 is 0.829 bits per heavy atom. The van der Waals surface area contributed by atoms with Gasteiger partial charge in [0.1, 0.15) is 5.75 Å². The lowest BCUT2D eigenvalue weighted by Gasteiger charge is -2.10. The first-order valence-electron chi connectivity index (χ1n) is 12.5. The Labute approximate surface area is 207 Å². The molecule has 0 aliphatic rings. The number of unbranched alkanes of at least 4 members (excludes halogenated alkanes) is 1. The van der Waals surface area contributed by atoms with Gasteiger partial charge in [-0.05, 0) is 80.6 Å². The molecule has 0 amide bonds. The van der Waals surface area contributed by atoms with Crippen LogP contribution in [0.4, 0.5) is 22.7 Å². The Kier molecular flexibility index (Phi) is 9.52. The van der Waals surface area contributed by atoms with Gasteiger partial charge in [0.25, 0.3) is 5.56 Å². The van der Waals surface area contributed by atoms with Crippen LogP contribution in [0.2, 0.25) is 0 Å². The van der Waals surface area contributed by atoms with Crippen LogP contribution in [0.15, 0.2) is 73.8 Å². The number of benzene rings is 2. The van der Waals surface area contributed by atoms with E-state index in [2.05, 4.69) is 53.3 Å². The molecule has 3 rings (SSSR count). The highest BCUT2D eigenvalue weighted by molar-refractivity contribution is 5.49. The normalized spacial score (nSPS) is 13.5. The van der Waals surface area contributed by atoms with Crippen molar-refractivity contribution in [1.82, 2.24) is 9.78 Å². The van der Waals surface area contributed by atoms with E-state index in [1.54, 1.807) is 4.68 Å². The zero-order valence-electron chi connectivity index (χ0n) is 21.4. The van der Waals surface area contributed by atoms with Crippen LogP contribution >= 0.6 is 0 Å². The fourth-order valence-corrected chi connectivity index (χ4v) is 3.35. The maximum Gasteiger partial charge on any atom is 0.294 e. The molecule has 0 spiro atoms. The van der Waals surface area contributed by atoms with Crippen LogP contribution in [-0.2, 0) is 0 Å². The third-order valence-electron chi connectivity index (χ3n) is 6.05. The zero-order valence-corrected chi connectivity index (χ0v) is 21.4. The second-order valence-corrected chi connectivity index (χ2v) is 8.73. The molecule has 0 bridgehead atoms. The zero-order chi connectivity index (χ0) is 25.2. The summed E-state index contributed by atoms with van der Waals surface area (Å²) in [5.74, 6) is 1.02. The van der Waals surface area contributed by atoms with Crippen LogP contribution in [-0.4, -0.2) is 16.4 Å². The second-order valence-electron chi connectivity index (χ2n) is 8.73. The van der Waals surface area contributed by atoms with E-state index in [4.69, 9.17) is 4.74 Å². The number of nitrogens with one attached hydrogen (secondary N) is 1. The molecule has 186 valence electrons. The van der Waals surface area contributed by atoms with E-state index >= 15 is 0 Å². The number of H-pyrrole nitrogens is 1. The minimum atomic E-state index is -0.134. The fourth-order valence-electron chi connectivity index (χ4n) is 3.35. The highest BCUT2D eigenvalue weighted by Gasteiger charge is 2.20. The van der Waals surface area contributed by atoms with Crippen molar-refractivity contribution < 1.29 is 4.74 Å². The van der Waals surface area contributed by atoms with Crippen molar-refractivity contribution in [2.45, 2.75) is 72.3 Å². The van der Waals surface area contributed by atoms with Crippen LogP contribution in [0, 0.1) is 0 Å². The SMILES string of the molecule is CCCCOc1ccc(N=Nc2ccc(N=Nc3c(C(C)CC)[nH]n(C(C)CC)c3=O)cc2)cc1. The summed E-state index contributed by atoms with van der Waals surface area (Å²) < 4.78 is 7.33. The minimum Gasteiger partial charge on any atom is -0.494 e. The van der Waals surface area contributed by atoms with Crippen molar-refractivity contribution in [2.24, 2.45) is 20.5 Å². The molecule has 1 aromatic heterocycles. The highest BCUT2D eigenvalue weighted by Crippen LogP contribution is 2.28. The first-order chi connectivity index (χ1) is 17.0. The van der Waals surface area contributed by atoms with Gasteiger partial charge >= 0.3 is 0 Å².